The second-order valence-corrected chi connectivity index (χ2v) is 6.46. The van der Waals surface area contributed by atoms with Crippen LogP contribution in [0.1, 0.15) is 19.6 Å². The molecule has 1 aromatic rings. The summed E-state index contributed by atoms with van der Waals surface area (Å²) in [5.41, 5.74) is 0. The average Bonchev–Trinajstić information content (AvgIpc) is 2.78. The number of nitrogens with one attached hydrogen (secondary N) is 1. The maximum absolute atomic E-state index is 12.1. The summed E-state index contributed by atoms with van der Waals surface area (Å²) in [7, 11) is -1.71. The molecule has 17 heavy (non-hydrogen) atoms. The van der Waals surface area contributed by atoms with E-state index in [9.17, 15) is 8.42 Å². The fourth-order valence-corrected chi connectivity index (χ4v) is 2.72. The van der Waals surface area contributed by atoms with E-state index in [0.29, 0.717) is 12.3 Å². The van der Waals surface area contributed by atoms with Crippen LogP contribution in [0, 0.1) is 0 Å². The molecule has 0 aromatic carbocycles. The number of hydrogen-bond acceptors (Lipinski definition) is 4. The molecular weight excluding hydrogens is 240 g/mol. The third kappa shape index (κ3) is 3.83. The summed E-state index contributed by atoms with van der Waals surface area (Å²) in [5.74, 6) is 0.645. The van der Waals surface area contributed by atoms with Gasteiger partial charge in [-0.15, -0.1) is 0 Å². The van der Waals surface area contributed by atoms with Crippen molar-refractivity contribution >= 4 is 10.0 Å². The quantitative estimate of drug-likeness (QED) is 0.795. The normalized spacial score (nSPS) is 14.1. The Bertz CT molecular complexity index is 414. The highest BCUT2D eigenvalue weighted by atomic mass is 32.2. The van der Waals surface area contributed by atoms with Crippen molar-refractivity contribution in [1.82, 2.24) is 9.62 Å². The van der Waals surface area contributed by atoms with Gasteiger partial charge in [-0.25, -0.2) is 8.42 Å². The minimum absolute atomic E-state index is 0.270. The fraction of sp³-hybridized carbons (Fsp3) is 0.636. The maximum atomic E-state index is 12.1. The summed E-state index contributed by atoms with van der Waals surface area (Å²) >= 11 is 0. The zero-order valence-corrected chi connectivity index (χ0v) is 11.3. The van der Waals surface area contributed by atoms with E-state index in [2.05, 4.69) is 5.32 Å². The largest absolute Gasteiger partial charge is 0.468 e. The molecule has 0 aliphatic heterocycles. The van der Waals surface area contributed by atoms with E-state index < -0.39 is 15.3 Å². The van der Waals surface area contributed by atoms with E-state index in [-0.39, 0.29) is 6.54 Å². The molecule has 1 N–H and O–H groups in total. The van der Waals surface area contributed by atoms with Crippen molar-refractivity contribution in [2.75, 3.05) is 20.1 Å². The number of sulfonamides is 1. The van der Waals surface area contributed by atoms with E-state index >= 15 is 0 Å². The first-order valence-electron chi connectivity index (χ1n) is 5.66. The number of rotatable bonds is 7. The van der Waals surface area contributed by atoms with Gasteiger partial charge in [0.2, 0.25) is 10.0 Å². The molecule has 1 unspecified atom stereocenters. The molecule has 1 aromatic heterocycles. The predicted octanol–water partition coefficient (Wildman–Crippen LogP) is 1.04. The van der Waals surface area contributed by atoms with Crippen LogP contribution in [0.5, 0.6) is 0 Å². The number of hydrogen-bond donors (Lipinski definition) is 1. The summed E-state index contributed by atoms with van der Waals surface area (Å²) in [4.78, 5) is 0. The van der Waals surface area contributed by atoms with Gasteiger partial charge >= 0.3 is 0 Å². The van der Waals surface area contributed by atoms with Gasteiger partial charge in [-0.2, -0.15) is 4.31 Å². The van der Waals surface area contributed by atoms with Crippen LogP contribution in [0.15, 0.2) is 22.8 Å². The second-order valence-electron chi connectivity index (χ2n) is 4.00. The fourth-order valence-electron chi connectivity index (χ4n) is 1.47. The predicted molar refractivity (Wildman–Crippen MR) is 67.1 cm³/mol. The zero-order valence-electron chi connectivity index (χ0n) is 10.5. The van der Waals surface area contributed by atoms with Crippen molar-refractivity contribution in [1.29, 1.82) is 0 Å². The Labute approximate surface area is 103 Å². The van der Waals surface area contributed by atoms with Crippen LogP contribution < -0.4 is 5.32 Å². The highest BCUT2D eigenvalue weighted by Gasteiger charge is 2.25. The minimum Gasteiger partial charge on any atom is -0.468 e. The van der Waals surface area contributed by atoms with Crippen molar-refractivity contribution in [2.24, 2.45) is 0 Å². The molecule has 0 aliphatic rings. The first-order valence-corrected chi connectivity index (χ1v) is 7.17. The third-order valence-electron chi connectivity index (χ3n) is 2.58. The lowest BCUT2D eigenvalue weighted by Gasteiger charge is -2.21. The SMILES string of the molecule is CCNCC(C)S(=O)(=O)N(C)Cc1ccco1. The summed E-state index contributed by atoms with van der Waals surface area (Å²) in [6.45, 7) is 5.15. The van der Waals surface area contributed by atoms with Gasteiger partial charge in [0.1, 0.15) is 5.76 Å². The van der Waals surface area contributed by atoms with E-state index in [1.807, 2.05) is 6.92 Å². The molecule has 0 radical (unpaired) electrons. The molecule has 0 spiro atoms. The molecule has 0 fully saturated rings. The summed E-state index contributed by atoms with van der Waals surface area (Å²) < 4.78 is 30.7. The van der Waals surface area contributed by atoms with Gasteiger partial charge in [-0.3, -0.25) is 0 Å². The van der Waals surface area contributed by atoms with Crippen LogP contribution in [-0.4, -0.2) is 38.1 Å². The summed E-state index contributed by atoms with van der Waals surface area (Å²) in [6.07, 6.45) is 1.54. The van der Waals surface area contributed by atoms with E-state index in [0.717, 1.165) is 6.54 Å². The highest BCUT2D eigenvalue weighted by molar-refractivity contribution is 7.89. The minimum atomic E-state index is -3.28. The van der Waals surface area contributed by atoms with Crippen LogP contribution in [0.3, 0.4) is 0 Å². The molecule has 0 saturated carbocycles. The van der Waals surface area contributed by atoms with Gasteiger partial charge in [-0.05, 0) is 25.6 Å². The molecule has 6 heteroatoms. The molecule has 0 saturated heterocycles. The molecule has 1 rings (SSSR count). The first-order chi connectivity index (χ1) is 7.98. The monoisotopic (exact) mass is 260 g/mol. The van der Waals surface area contributed by atoms with Crippen molar-refractivity contribution in [3.8, 4) is 0 Å². The molecule has 1 heterocycles. The Hall–Kier alpha value is -0.850. The van der Waals surface area contributed by atoms with Crippen molar-refractivity contribution in [3.63, 3.8) is 0 Å². The van der Waals surface area contributed by atoms with Gasteiger partial charge in [0.15, 0.2) is 0 Å². The molecule has 1 atom stereocenters. The lowest BCUT2D eigenvalue weighted by Crippen LogP contribution is -2.39. The average molecular weight is 260 g/mol. The van der Waals surface area contributed by atoms with Crippen molar-refractivity contribution in [2.45, 2.75) is 25.6 Å². The Morgan fingerprint density at radius 2 is 2.24 bits per heavy atom. The second kappa shape index (κ2) is 6.18. The lowest BCUT2D eigenvalue weighted by molar-refractivity contribution is 0.401. The van der Waals surface area contributed by atoms with Gasteiger partial charge < -0.3 is 9.73 Å². The topological polar surface area (TPSA) is 62.6 Å². The van der Waals surface area contributed by atoms with Crippen LogP contribution in [0.2, 0.25) is 0 Å². The maximum Gasteiger partial charge on any atom is 0.218 e. The Balaban J connectivity index is 2.63. The van der Waals surface area contributed by atoms with E-state index in [1.54, 1.807) is 26.1 Å². The molecule has 98 valence electrons. The van der Waals surface area contributed by atoms with Crippen molar-refractivity contribution in [3.05, 3.63) is 24.2 Å². The molecule has 0 bridgehead atoms. The first kappa shape index (κ1) is 14.2. The van der Waals surface area contributed by atoms with Crippen molar-refractivity contribution < 1.29 is 12.8 Å². The smallest absolute Gasteiger partial charge is 0.218 e. The molecule has 0 aliphatic carbocycles. The van der Waals surface area contributed by atoms with Crippen LogP contribution in [-0.2, 0) is 16.6 Å². The van der Waals surface area contributed by atoms with Gasteiger partial charge in [0.25, 0.3) is 0 Å². The summed E-state index contributed by atoms with van der Waals surface area (Å²) in [6, 6.07) is 3.51. The van der Waals surface area contributed by atoms with Crippen LogP contribution >= 0.6 is 0 Å². The Kier molecular flexibility index (Phi) is 5.17. The van der Waals surface area contributed by atoms with Gasteiger partial charge in [0, 0.05) is 13.6 Å². The Morgan fingerprint density at radius 1 is 1.53 bits per heavy atom. The molecule has 5 nitrogen and oxygen atoms in total. The number of furan rings is 1. The number of nitrogens with zero attached hydrogens (tertiary/aromatic N) is 1. The van der Waals surface area contributed by atoms with Crippen LogP contribution in [0.4, 0.5) is 0 Å². The van der Waals surface area contributed by atoms with E-state index in [1.165, 1.54) is 10.6 Å². The molecular formula is C11H20N2O3S. The lowest BCUT2D eigenvalue weighted by atomic mass is 10.4. The summed E-state index contributed by atoms with van der Waals surface area (Å²) in [5, 5.41) is 2.60. The van der Waals surface area contributed by atoms with Gasteiger partial charge in [-0.1, -0.05) is 6.92 Å². The Morgan fingerprint density at radius 3 is 2.76 bits per heavy atom. The van der Waals surface area contributed by atoms with Gasteiger partial charge in [0.05, 0.1) is 18.1 Å². The third-order valence-corrected chi connectivity index (χ3v) is 4.76. The highest BCUT2D eigenvalue weighted by Crippen LogP contribution is 2.11. The zero-order chi connectivity index (χ0) is 12.9. The van der Waals surface area contributed by atoms with Crippen LogP contribution in [0.25, 0.3) is 0 Å². The van der Waals surface area contributed by atoms with E-state index in [4.69, 9.17) is 4.42 Å². The standard InChI is InChI=1S/C11H20N2O3S/c1-4-12-8-10(2)17(14,15)13(3)9-11-6-5-7-16-11/h5-7,10,12H,4,8-9H2,1-3H3. The molecule has 0 amide bonds.